The standard InChI is InChI=1S/C6H13NO2/c1-2-5(3-8)6(7)4-9/h3,5-6,9H,2,4,7H2,1H3. The Morgan fingerprint density at radius 3 is 2.44 bits per heavy atom. The second kappa shape index (κ2) is 4.47. The van der Waals surface area contributed by atoms with Crippen molar-refractivity contribution in [3.8, 4) is 0 Å². The largest absolute Gasteiger partial charge is 0.395 e. The maximum atomic E-state index is 10.1. The third-order valence-corrected chi connectivity index (χ3v) is 1.41. The van der Waals surface area contributed by atoms with Crippen LogP contribution in [0.5, 0.6) is 0 Å². The quantitative estimate of drug-likeness (QED) is 0.507. The molecule has 0 radical (unpaired) electrons. The van der Waals surface area contributed by atoms with Crippen LogP contribution in [0.4, 0.5) is 0 Å². The van der Waals surface area contributed by atoms with E-state index >= 15 is 0 Å². The topological polar surface area (TPSA) is 63.3 Å². The Morgan fingerprint density at radius 1 is 1.78 bits per heavy atom. The van der Waals surface area contributed by atoms with Gasteiger partial charge in [-0.3, -0.25) is 0 Å². The molecule has 3 N–H and O–H groups in total. The molecule has 0 aromatic carbocycles. The summed E-state index contributed by atoms with van der Waals surface area (Å²) in [4.78, 5) is 10.1. The summed E-state index contributed by atoms with van der Waals surface area (Å²) in [6, 6.07) is -0.382. The lowest BCUT2D eigenvalue weighted by Crippen LogP contribution is -2.34. The van der Waals surface area contributed by atoms with Gasteiger partial charge in [0.05, 0.1) is 6.61 Å². The van der Waals surface area contributed by atoms with E-state index in [2.05, 4.69) is 0 Å². The Kier molecular flexibility index (Phi) is 4.26. The summed E-state index contributed by atoms with van der Waals surface area (Å²) in [6.07, 6.45) is 1.49. The Hall–Kier alpha value is -0.410. The number of hydrogen-bond acceptors (Lipinski definition) is 3. The van der Waals surface area contributed by atoms with Crippen LogP contribution in [0, 0.1) is 5.92 Å². The van der Waals surface area contributed by atoms with E-state index in [0.717, 1.165) is 6.29 Å². The molecule has 54 valence electrons. The van der Waals surface area contributed by atoms with E-state index in [4.69, 9.17) is 10.8 Å². The first-order valence-corrected chi connectivity index (χ1v) is 3.08. The molecule has 0 aromatic heterocycles. The number of aldehydes is 1. The van der Waals surface area contributed by atoms with Crippen LogP contribution < -0.4 is 5.73 Å². The fraction of sp³-hybridized carbons (Fsp3) is 0.833. The molecule has 0 saturated heterocycles. The molecule has 2 unspecified atom stereocenters. The number of aliphatic hydroxyl groups is 1. The molecule has 2 atom stereocenters. The zero-order chi connectivity index (χ0) is 7.28. The summed E-state index contributed by atoms with van der Waals surface area (Å²) in [5.74, 6) is -0.185. The molecular formula is C6H13NO2. The molecule has 3 heteroatoms. The van der Waals surface area contributed by atoms with Gasteiger partial charge in [-0.1, -0.05) is 6.92 Å². The van der Waals surface area contributed by atoms with Crippen molar-refractivity contribution >= 4 is 6.29 Å². The molecule has 0 fully saturated rings. The van der Waals surface area contributed by atoms with E-state index in [1.165, 1.54) is 0 Å². The van der Waals surface area contributed by atoms with Gasteiger partial charge in [0.15, 0.2) is 0 Å². The van der Waals surface area contributed by atoms with Crippen LogP contribution in [-0.4, -0.2) is 24.0 Å². The summed E-state index contributed by atoms with van der Waals surface area (Å²) in [5.41, 5.74) is 5.36. The van der Waals surface area contributed by atoms with Crippen molar-refractivity contribution in [3.05, 3.63) is 0 Å². The third-order valence-electron chi connectivity index (χ3n) is 1.41. The Labute approximate surface area is 54.9 Å². The SMILES string of the molecule is CCC(C=O)C(N)CO. The Balaban J connectivity index is 3.63. The van der Waals surface area contributed by atoms with Crippen molar-refractivity contribution < 1.29 is 9.90 Å². The summed E-state index contributed by atoms with van der Waals surface area (Å²) in [7, 11) is 0. The van der Waals surface area contributed by atoms with Crippen molar-refractivity contribution in [2.45, 2.75) is 19.4 Å². The van der Waals surface area contributed by atoms with Gasteiger partial charge >= 0.3 is 0 Å². The number of carbonyl (C=O) groups excluding carboxylic acids is 1. The van der Waals surface area contributed by atoms with Crippen LogP contribution in [0.3, 0.4) is 0 Å². The first kappa shape index (κ1) is 8.59. The molecule has 0 aliphatic rings. The predicted octanol–water partition coefficient (Wildman–Crippen LogP) is -0.469. The highest BCUT2D eigenvalue weighted by atomic mass is 16.3. The van der Waals surface area contributed by atoms with E-state index in [-0.39, 0.29) is 18.6 Å². The zero-order valence-corrected chi connectivity index (χ0v) is 5.58. The van der Waals surface area contributed by atoms with Gasteiger partial charge in [-0.15, -0.1) is 0 Å². The minimum atomic E-state index is -0.382. The fourth-order valence-electron chi connectivity index (χ4n) is 0.635. The molecule has 0 bridgehead atoms. The predicted molar refractivity (Wildman–Crippen MR) is 34.9 cm³/mol. The summed E-state index contributed by atoms with van der Waals surface area (Å²) in [5, 5.41) is 8.48. The zero-order valence-electron chi connectivity index (χ0n) is 5.58. The van der Waals surface area contributed by atoms with Gasteiger partial charge in [-0.2, -0.15) is 0 Å². The first-order chi connectivity index (χ1) is 4.26. The minimum Gasteiger partial charge on any atom is -0.395 e. The van der Waals surface area contributed by atoms with Gasteiger partial charge in [0.1, 0.15) is 6.29 Å². The smallest absolute Gasteiger partial charge is 0.124 e. The summed E-state index contributed by atoms with van der Waals surface area (Å²) < 4.78 is 0. The maximum Gasteiger partial charge on any atom is 0.124 e. The van der Waals surface area contributed by atoms with E-state index in [1.807, 2.05) is 6.92 Å². The van der Waals surface area contributed by atoms with Crippen molar-refractivity contribution in [2.24, 2.45) is 11.7 Å². The molecule has 0 amide bonds. The van der Waals surface area contributed by atoms with Gasteiger partial charge in [0, 0.05) is 12.0 Å². The summed E-state index contributed by atoms with van der Waals surface area (Å²) in [6.45, 7) is 1.76. The second-order valence-corrected chi connectivity index (χ2v) is 2.05. The number of carbonyl (C=O) groups is 1. The van der Waals surface area contributed by atoms with Crippen molar-refractivity contribution in [1.82, 2.24) is 0 Å². The van der Waals surface area contributed by atoms with Gasteiger partial charge in [-0.05, 0) is 6.42 Å². The second-order valence-electron chi connectivity index (χ2n) is 2.05. The lowest BCUT2D eigenvalue weighted by molar-refractivity contribution is -0.112. The van der Waals surface area contributed by atoms with E-state index in [0.29, 0.717) is 6.42 Å². The van der Waals surface area contributed by atoms with Gasteiger partial charge < -0.3 is 15.6 Å². The molecule has 0 rings (SSSR count). The Bertz CT molecular complexity index is 85.1. The van der Waals surface area contributed by atoms with Crippen LogP contribution in [-0.2, 0) is 4.79 Å². The third kappa shape index (κ3) is 2.58. The van der Waals surface area contributed by atoms with E-state index in [1.54, 1.807) is 0 Å². The van der Waals surface area contributed by atoms with Gasteiger partial charge in [0.2, 0.25) is 0 Å². The first-order valence-electron chi connectivity index (χ1n) is 3.08. The molecule has 3 nitrogen and oxygen atoms in total. The van der Waals surface area contributed by atoms with E-state index in [9.17, 15) is 4.79 Å². The van der Waals surface area contributed by atoms with Gasteiger partial charge in [-0.25, -0.2) is 0 Å². The lowest BCUT2D eigenvalue weighted by atomic mass is 10.0. The highest BCUT2D eigenvalue weighted by molar-refractivity contribution is 5.54. The minimum absolute atomic E-state index is 0.114. The average Bonchev–Trinajstić information content (AvgIpc) is 1.90. The molecule has 0 aliphatic carbocycles. The van der Waals surface area contributed by atoms with E-state index < -0.39 is 0 Å². The average molecular weight is 131 g/mol. The fourth-order valence-corrected chi connectivity index (χ4v) is 0.635. The number of rotatable bonds is 4. The summed E-state index contributed by atoms with van der Waals surface area (Å²) >= 11 is 0. The van der Waals surface area contributed by atoms with Crippen LogP contribution in [0.2, 0.25) is 0 Å². The van der Waals surface area contributed by atoms with Crippen LogP contribution in [0.25, 0.3) is 0 Å². The van der Waals surface area contributed by atoms with Crippen molar-refractivity contribution in [3.63, 3.8) is 0 Å². The molecule has 0 saturated carbocycles. The van der Waals surface area contributed by atoms with Gasteiger partial charge in [0.25, 0.3) is 0 Å². The molecule has 0 heterocycles. The highest BCUT2D eigenvalue weighted by Gasteiger charge is 2.12. The molecule has 0 aliphatic heterocycles. The molecule has 9 heavy (non-hydrogen) atoms. The molecular weight excluding hydrogens is 118 g/mol. The normalized spacial score (nSPS) is 16.8. The maximum absolute atomic E-state index is 10.1. The number of hydrogen-bond donors (Lipinski definition) is 2. The highest BCUT2D eigenvalue weighted by Crippen LogP contribution is 2.01. The van der Waals surface area contributed by atoms with Crippen molar-refractivity contribution in [2.75, 3.05) is 6.61 Å². The molecule has 0 aromatic rings. The molecule has 0 spiro atoms. The van der Waals surface area contributed by atoms with Crippen LogP contribution in [0.15, 0.2) is 0 Å². The lowest BCUT2D eigenvalue weighted by Gasteiger charge is -2.12. The monoisotopic (exact) mass is 131 g/mol. The van der Waals surface area contributed by atoms with Crippen LogP contribution >= 0.6 is 0 Å². The Morgan fingerprint density at radius 2 is 2.33 bits per heavy atom. The number of aliphatic hydroxyl groups excluding tert-OH is 1. The number of nitrogens with two attached hydrogens (primary N) is 1. The van der Waals surface area contributed by atoms with Crippen molar-refractivity contribution in [1.29, 1.82) is 0 Å². The van der Waals surface area contributed by atoms with Crippen LogP contribution in [0.1, 0.15) is 13.3 Å².